The number of nitrogens with one attached hydrogen (secondary N) is 1. The number of nitrogens with zero attached hydrogens (tertiary/aromatic N) is 2. The number of halogens is 1. The standard InChI is InChI=1S/C24H16ClN3O4/c1-12-3-5-15(10-20(12)25)28-24(31)18(13(2)27-28)11-16-6-8-21(32-16)14-4-7-17-19(9-14)23(30)26-22(17)29/h3-11H,1-2H3,(H,26,29,30)/b18-11+. The molecule has 2 aliphatic heterocycles. The minimum atomic E-state index is -0.430. The zero-order chi connectivity index (χ0) is 22.6. The van der Waals surface area contributed by atoms with E-state index in [1.807, 2.05) is 13.0 Å². The van der Waals surface area contributed by atoms with Crippen LogP contribution in [0.5, 0.6) is 0 Å². The molecule has 0 radical (unpaired) electrons. The van der Waals surface area contributed by atoms with Crippen LogP contribution in [0.25, 0.3) is 17.4 Å². The fourth-order valence-corrected chi connectivity index (χ4v) is 3.80. The Labute approximate surface area is 188 Å². The van der Waals surface area contributed by atoms with Crippen molar-refractivity contribution in [3.05, 3.63) is 81.6 Å². The van der Waals surface area contributed by atoms with Gasteiger partial charge in [0.25, 0.3) is 17.7 Å². The molecule has 0 fully saturated rings. The van der Waals surface area contributed by atoms with E-state index < -0.39 is 11.8 Å². The van der Waals surface area contributed by atoms with Gasteiger partial charge in [-0.05, 0) is 61.9 Å². The Bertz CT molecular complexity index is 1400. The summed E-state index contributed by atoms with van der Waals surface area (Å²) in [5.74, 6) is -0.152. The van der Waals surface area contributed by atoms with Gasteiger partial charge in [0, 0.05) is 10.6 Å². The molecule has 0 atom stereocenters. The third-order valence-electron chi connectivity index (χ3n) is 5.40. The van der Waals surface area contributed by atoms with Crippen LogP contribution in [-0.4, -0.2) is 23.4 Å². The van der Waals surface area contributed by atoms with E-state index in [0.29, 0.717) is 50.2 Å². The van der Waals surface area contributed by atoms with Gasteiger partial charge in [-0.25, -0.2) is 0 Å². The number of hydrogen-bond acceptors (Lipinski definition) is 5. The summed E-state index contributed by atoms with van der Waals surface area (Å²) in [5.41, 5.74) is 3.75. The second kappa shape index (κ2) is 7.32. The molecule has 0 bridgehead atoms. The summed E-state index contributed by atoms with van der Waals surface area (Å²) in [7, 11) is 0. The van der Waals surface area contributed by atoms with Crippen LogP contribution in [0, 0.1) is 6.92 Å². The third-order valence-corrected chi connectivity index (χ3v) is 5.80. The van der Waals surface area contributed by atoms with E-state index in [-0.39, 0.29) is 5.91 Å². The van der Waals surface area contributed by atoms with Gasteiger partial charge in [0.15, 0.2) is 0 Å². The highest BCUT2D eigenvalue weighted by molar-refractivity contribution is 6.33. The summed E-state index contributed by atoms with van der Waals surface area (Å²) in [6.45, 7) is 3.64. The van der Waals surface area contributed by atoms with Crippen molar-refractivity contribution in [3.63, 3.8) is 0 Å². The number of amides is 3. The Morgan fingerprint density at radius 2 is 1.75 bits per heavy atom. The first-order chi connectivity index (χ1) is 15.3. The van der Waals surface area contributed by atoms with Crippen molar-refractivity contribution in [2.45, 2.75) is 13.8 Å². The highest BCUT2D eigenvalue weighted by Gasteiger charge is 2.30. The molecule has 0 aliphatic carbocycles. The number of carbonyl (C=O) groups excluding carboxylic acids is 3. The first-order valence-corrected chi connectivity index (χ1v) is 10.2. The smallest absolute Gasteiger partial charge is 0.280 e. The minimum absolute atomic E-state index is 0.284. The SMILES string of the molecule is CC1=NN(c2ccc(C)c(Cl)c2)C(=O)/C1=C/c1ccc(-c2ccc3c(c2)C(=O)NC3=O)o1. The number of aryl methyl sites for hydroxylation is 1. The van der Waals surface area contributed by atoms with Crippen LogP contribution >= 0.6 is 11.6 Å². The molecular weight excluding hydrogens is 430 g/mol. The molecule has 0 saturated carbocycles. The van der Waals surface area contributed by atoms with E-state index in [4.69, 9.17) is 16.0 Å². The topological polar surface area (TPSA) is 92.0 Å². The second-order valence-corrected chi connectivity index (χ2v) is 7.95. The van der Waals surface area contributed by atoms with Crippen LogP contribution in [0.3, 0.4) is 0 Å². The van der Waals surface area contributed by atoms with E-state index in [2.05, 4.69) is 10.4 Å². The Balaban J connectivity index is 1.43. The molecule has 2 aliphatic rings. The molecule has 1 N–H and O–H groups in total. The lowest BCUT2D eigenvalue weighted by atomic mass is 10.0. The number of carbonyl (C=O) groups is 3. The molecular formula is C24H16ClN3O4. The van der Waals surface area contributed by atoms with Crippen molar-refractivity contribution in [2.24, 2.45) is 5.10 Å². The molecule has 3 amide bonds. The third kappa shape index (κ3) is 3.23. The lowest BCUT2D eigenvalue weighted by Gasteiger charge is -2.12. The zero-order valence-electron chi connectivity index (χ0n) is 17.1. The molecule has 3 aromatic rings. The number of furan rings is 1. The Morgan fingerprint density at radius 1 is 0.969 bits per heavy atom. The highest BCUT2D eigenvalue weighted by Crippen LogP contribution is 2.31. The van der Waals surface area contributed by atoms with E-state index in [1.165, 1.54) is 5.01 Å². The number of fused-ring (bicyclic) bond motifs is 1. The molecule has 2 aromatic carbocycles. The first kappa shape index (κ1) is 20.0. The lowest BCUT2D eigenvalue weighted by Crippen LogP contribution is -2.21. The van der Waals surface area contributed by atoms with Crippen LogP contribution in [-0.2, 0) is 4.79 Å². The monoisotopic (exact) mass is 445 g/mol. The maximum Gasteiger partial charge on any atom is 0.280 e. The Kier molecular flexibility index (Phi) is 4.56. The van der Waals surface area contributed by atoms with Crippen molar-refractivity contribution < 1.29 is 18.8 Å². The zero-order valence-corrected chi connectivity index (χ0v) is 17.9. The van der Waals surface area contributed by atoms with Crippen molar-refractivity contribution in [3.8, 4) is 11.3 Å². The molecule has 7 nitrogen and oxygen atoms in total. The van der Waals surface area contributed by atoms with Gasteiger partial charge in [0.05, 0.1) is 28.1 Å². The van der Waals surface area contributed by atoms with Gasteiger partial charge in [0.2, 0.25) is 0 Å². The average molecular weight is 446 g/mol. The fourth-order valence-electron chi connectivity index (χ4n) is 3.62. The molecule has 0 spiro atoms. The first-order valence-electron chi connectivity index (χ1n) is 9.79. The van der Waals surface area contributed by atoms with Crippen LogP contribution < -0.4 is 10.3 Å². The van der Waals surface area contributed by atoms with E-state index in [0.717, 1.165) is 5.56 Å². The van der Waals surface area contributed by atoms with Crippen molar-refractivity contribution in [1.82, 2.24) is 5.32 Å². The normalized spacial score (nSPS) is 16.6. The van der Waals surface area contributed by atoms with E-state index >= 15 is 0 Å². The second-order valence-electron chi connectivity index (χ2n) is 7.54. The quantitative estimate of drug-likeness (QED) is 0.471. The summed E-state index contributed by atoms with van der Waals surface area (Å²) in [6, 6.07) is 13.7. The maximum atomic E-state index is 13.0. The van der Waals surface area contributed by atoms with Gasteiger partial charge in [-0.2, -0.15) is 10.1 Å². The van der Waals surface area contributed by atoms with Crippen LogP contribution in [0.4, 0.5) is 5.69 Å². The summed E-state index contributed by atoms with van der Waals surface area (Å²) >= 11 is 6.20. The molecule has 0 saturated heterocycles. The molecule has 8 heteroatoms. The Hall–Kier alpha value is -3.97. The van der Waals surface area contributed by atoms with Crippen molar-refractivity contribution >= 4 is 46.8 Å². The molecule has 1 aromatic heterocycles. The average Bonchev–Trinajstić information content (AvgIpc) is 3.43. The van der Waals surface area contributed by atoms with Crippen LogP contribution in [0.15, 0.2) is 63.6 Å². The van der Waals surface area contributed by atoms with Gasteiger partial charge < -0.3 is 4.42 Å². The van der Waals surface area contributed by atoms with Gasteiger partial charge in [0.1, 0.15) is 11.5 Å². The largest absolute Gasteiger partial charge is 0.457 e. The van der Waals surface area contributed by atoms with Crippen LogP contribution in [0.2, 0.25) is 5.02 Å². The van der Waals surface area contributed by atoms with Gasteiger partial charge in [-0.15, -0.1) is 0 Å². The van der Waals surface area contributed by atoms with Gasteiger partial charge in [-0.1, -0.05) is 23.7 Å². The fraction of sp³-hybridized carbons (Fsp3) is 0.0833. The number of hydrogen-bond donors (Lipinski definition) is 1. The number of anilines is 1. The van der Waals surface area contributed by atoms with Crippen molar-refractivity contribution in [1.29, 1.82) is 0 Å². The molecule has 0 unspecified atom stereocenters. The molecule has 32 heavy (non-hydrogen) atoms. The van der Waals surface area contributed by atoms with E-state index in [9.17, 15) is 14.4 Å². The summed E-state index contributed by atoms with van der Waals surface area (Å²) < 4.78 is 5.89. The summed E-state index contributed by atoms with van der Waals surface area (Å²) in [5, 5.41) is 8.50. The summed E-state index contributed by atoms with van der Waals surface area (Å²) in [4.78, 5) is 36.6. The lowest BCUT2D eigenvalue weighted by molar-refractivity contribution is -0.114. The van der Waals surface area contributed by atoms with Crippen LogP contribution in [0.1, 0.15) is 39.0 Å². The summed E-state index contributed by atoms with van der Waals surface area (Å²) in [6.07, 6.45) is 1.63. The minimum Gasteiger partial charge on any atom is -0.457 e. The number of rotatable bonds is 3. The van der Waals surface area contributed by atoms with Gasteiger partial charge >= 0.3 is 0 Å². The van der Waals surface area contributed by atoms with Gasteiger partial charge in [-0.3, -0.25) is 19.7 Å². The molecule has 5 rings (SSSR count). The predicted molar refractivity (Wildman–Crippen MR) is 121 cm³/mol. The maximum absolute atomic E-state index is 13.0. The van der Waals surface area contributed by atoms with E-state index in [1.54, 1.807) is 55.5 Å². The Morgan fingerprint density at radius 3 is 2.53 bits per heavy atom. The molecule has 158 valence electrons. The highest BCUT2D eigenvalue weighted by atomic mass is 35.5. The number of benzene rings is 2. The predicted octanol–water partition coefficient (Wildman–Crippen LogP) is 4.60. The number of imide groups is 1. The molecule has 3 heterocycles. The number of hydrazone groups is 1. The van der Waals surface area contributed by atoms with Crippen molar-refractivity contribution in [2.75, 3.05) is 5.01 Å².